The van der Waals surface area contributed by atoms with E-state index in [0.29, 0.717) is 18.7 Å². The molecule has 1 aliphatic heterocycles. The van der Waals surface area contributed by atoms with Crippen molar-refractivity contribution in [2.75, 3.05) is 39.8 Å². The Bertz CT molecular complexity index is 500. The average molecular weight is 295 g/mol. The summed E-state index contributed by atoms with van der Waals surface area (Å²) in [4.78, 5) is 15.9. The standard InChI is InChI=1S/C15H22FN3O2/c1-11(17)12-3-4-14(13(16)9-12)21-10-15(20)19-7-5-18(2)6-8-19/h3-4,9,11H,5-8,10,17H2,1-2H3/t11-/m0/s1. The maximum absolute atomic E-state index is 13.8. The highest BCUT2D eigenvalue weighted by Gasteiger charge is 2.19. The number of carbonyl (C=O) groups excluding carboxylic acids is 1. The molecule has 1 aromatic rings. The number of hydrogen-bond donors (Lipinski definition) is 1. The molecule has 1 saturated heterocycles. The summed E-state index contributed by atoms with van der Waals surface area (Å²) in [6, 6.07) is 4.34. The first-order valence-corrected chi connectivity index (χ1v) is 7.11. The van der Waals surface area contributed by atoms with Gasteiger partial charge in [-0.15, -0.1) is 0 Å². The van der Waals surface area contributed by atoms with Crippen LogP contribution in [0, 0.1) is 5.82 Å². The molecule has 1 atom stereocenters. The number of nitrogens with zero attached hydrogens (tertiary/aromatic N) is 2. The molecular formula is C15H22FN3O2. The highest BCUT2D eigenvalue weighted by atomic mass is 19.1. The minimum absolute atomic E-state index is 0.0851. The van der Waals surface area contributed by atoms with E-state index in [9.17, 15) is 9.18 Å². The SMILES string of the molecule is C[C@H](N)c1ccc(OCC(=O)N2CCN(C)CC2)c(F)c1. The second-order valence-electron chi connectivity index (χ2n) is 5.45. The monoisotopic (exact) mass is 295 g/mol. The van der Waals surface area contributed by atoms with Crippen molar-refractivity contribution < 1.29 is 13.9 Å². The number of amides is 1. The van der Waals surface area contributed by atoms with E-state index >= 15 is 0 Å². The first kappa shape index (κ1) is 15.7. The van der Waals surface area contributed by atoms with Gasteiger partial charge in [-0.05, 0) is 31.7 Å². The molecule has 2 rings (SSSR count). The molecule has 0 aliphatic carbocycles. The molecule has 1 amide bonds. The van der Waals surface area contributed by atoms with Crippen LogP contribution in [0.4, 0.5) is 4.39 Å². The Labute approximate surface area is 124 Å². The van der Waals surface area contributed by atoms with Crippen LogP contribution >= 0.6 is 0 Å². The summed E-state index contributed by atoms with van der Waals surface area (Å²) >= 11 is 0. The summed E-state index contributed by atoms with van der Waals surface area (Å²) in [7, 11) is 2.02. The maximum Gasteiger partial charge on any atom is 0.260 e. The molecule has 116 valence electrons. The van der Waals surface area contributed by atoms with Gasteiger partial charge in [-0.2, -0.15) is 0 Å². The van der Waals surface area contributed by atoms with Gasteiger partial charge in [0, 0.05) is 32.2 Å². The quantitative estimate of drug-likeness (QED) is 0.900. The van der Waals surface area contributed by atoms with Crippen LogP contribution in [0.3, 0.4) is 0 Å². The van der Waals surface area contributed by atoms with Crippen LogP contribution in [0.15, 0.2) is 18.2 Å². The van der Waals surface area contributed by atoms with Crippen LogP contribution in [-0.4, -0.2) is 55.5 Å². The number of ether oxygens (including phenoxy) is 1. The summed E-state index contributed by atoms with van der Waals surface area (Å²) in [6.07, 6.45) is 0. The number of piperazine rings is 1. The Morgan fingerprint density at radius 3 is 2.62 bits per heavy atom. The van der Waals surface area contributed by atoms with E-state index in [1.165, 1.54) is 12.1 Å². The van der Waals surface area contributed by atoms with Crippen molar-refractivity contribution in [1.29, 1.82) is 0 Å². The van der Waals surface area contributed by atoms with Crippen LogP contribution in [-0.2, 0) is 4.79 Å². The van der Waals surface area contributed by atoms with Gasteiger partial charge in [-0.25, -0.2) is 4.39 Å². The molecule has 1 fully saturated rings. The van der Waals surface area contributed by atoms with Gasteiger partial charge in [0.05, 0.1) is 0 Å². The zero-order valence-electron chi connectivity index (χ0n) is 12.5. The average Bonchev–Trinajstić information content (AvgIpc) is 2.46. The van der Waals surface area contributed by atoms with E-state index in [2.05, 4.69) is 4.90 Å². The van der Waals surface area contributed by atoms with Gasteiger partial charge in [0.25, 0.3) is 5.91 Å². The molecule has 1 aliphatic rings. The molecule has 0 spiro atoms. The molecule has 0 unspecified atom stereocenters. The van der Waals surface area contributed by atoms with Crippen molar-refractivity contribution in [2.45, 2.75) is 13.0 Å². The maximum atomic E-state index is 13.8. The molecule has 1 heterocycles. The highest BCUT2D eigenvalue weighted by molar-refractivity contribution is 5.77. The molecule has 21 heavy (non-hydrogen) atoms. The first-order valence-electron chi connectivity index (χ1n) is 7.11. The van der Waals surface area contributed by atoms with E-state index < -0.39 is 5.82 Å². The van der Waals surface area contributed by atoms with Gasteiger partial charge >= 0.3 is 0 Å². The predicted molar refractivity (Wildman–Crippen MR) is 78.6 cm³/mol. The largest absolute Gasteiger partial charge is 0.481 e. The summed E-state index contributed by atoms with van der Waals surface area (Å²) in [5.74, 6) is -0.517. The van der Waals surface area contributed by atoms with Gasteiger partial charge < -0.3 is 20.3 Å². The van der Waals surface area contributed by atoms with Gasteiger partial charge in [0.2, 0.25) is 0 Å². The lowest BCUT2D eigenvalue weighted by atomic mass is 10.1. The van der Waals surface area contributed by atoms with Crippen molar-refractivity contribution in [3.63, 3.8) is 0 Å². The Morgan fingerprint density at radius 1 is 1.38 bits per heavy atom. The first-order chi connectivity index (χ1) is 9.97. The number of carbonyl (C=O) groups is 1. The zero-order valence-corrected chi connectivity index (χ0v) is 12.5. The van der Waals surface area contributed by atoms with Gasteiger partial charge in [-0.1, -0.05) is 6.07 Å². The molecule has 6 heteroatoms. The zero-order chi connectivity index (χ0) is 15.4. The molecule has 1 aromatic carbocycles. The fraction of sp³-hybridized carbons (Fsp3) is 0.533. The molecule has 0 aromatic heterocycles. The third-order valence-corrected chi connectivity index (χ3v) is 3.69. The topological polar surface area (TPSA) is 58.8 Å². The molecule has 0 saturated carbocycles. The van der Waals surface area contributed by atoms with Crippen LogP contribution in [0.1, 0.15) is 18.5 Å². The summed E-state index contributed by atoms with van der Waals surface area (Å²) < 4.78 is 19.1. The van der Waals surface area contributed by atoms with E-state index in [4.69, 9.17) is 10.5 Å². The lowest BCUT2D eigenvalue weighted by molar-refractivity contribution is -0.134. The van der Waals surface area contributed by atoms with Crippen LogP contribution in [0.2, 0.25) is 0 Å². The minimum Gasteiger partial charge on any atom is -0.481 e. The normalized spacial score (nSPS) is 17.6. The summed E-state index contributed by atoms with van der Waals surface area (Å²) in [5, 5.41) is 0. The second-order valence-corrected chi connectivity index (χ2v) is 5.45. The van der Waals surface area contributed by atoms with Crippen LogP contribution in [0.25, 0.3) is 0 Å². The number of likely N-dealkylation sites (N-methyl/N-ethyl adjacent to an activating group) is 1. The lowest BCUT2D eigenvalue weighted by Crippen LogP contribution is -2.48. The van der Waals surface area contributed by atoms with Crippen molar-refractivity contribution >= 4 is 5.91 Å². The number of hydrogen-bond acceptors (Lipinski definition) is 4. The summed E-state index contributed by atoms with van der Waals surface area (Å²) in [6.45, 7) is 4.71. The minimum atomic E-state index is -0.490. The van der Waals surface area contributed by atoms with Crippen molar-refractivity contribution in [3.8, 4) is 5.75 Å². The lowest BCUT2D eigenvalue weighted by Gasteiger charge is -2.32. The van der Waals surface area contributed by atoms with E-state index in [1.807, 2.05) is 7.05 Å². The van der Waals surface area contributed by atoms with E-state index in [0.717, 1.165) is 13.1 Å². The molecule has 5 nitrogen and oxygen atoms in total. The van der Waals surface area contributed by atoms with Gasteiger partial charge in [0.1, 0.15) is 0 Å². The molecule has 2 N–H and O–H groups in total. The van der Waals surface area contributed by atoms with Gasteiger partial charge in [-0.3, -0.25) is 4.79 Å². The number of rotatable bonds is 4. The Kier molecular flexibility index (Phi) is 5.14. The van der Waals surface area contributed by atoms with Gasteiger partial charge in [0.15, 0.2) is 18.2 Å². The molecular weight excluding hydrogens is 273 g/mol. The van der Waals surface area contributed by atoms with Crippen molar-refractivity contribution in [3.05, 3.63) is 29.6 Å². The highest BCUT2D eigenvalue weighted by Crippen LogP contribution is 2.21. The Balaban J connectivity index is 1.89. The van der Waals surface area contributed by atoms with Crippen molar-refractivity contribution in [2.24, 2.45) is 5.73 Å². The summed E-state index contributed by atoms with van der Waals surface area (Å²) in [5.41, 5.74) is 6.39. The smallest absolute Gasteiger partial charge is 0.260 e. The number of benzene rings is 1. The number of nitrogens with two attached hydrogens (primary N) is 1. The number of halogens is 1. The fourth-order valence-electron chi connectivity index (χ4n) is 2.20. The van der Waals surface area contributed by atoms with Crippen LogP contribution in [0.5, 0.6) is 5.75 Å². The third-order valence-electron chi connectivity index (χ3n) is 3.69. The Hall–Kier alpha value is -1.66. The van der Waals surface area contributed by atoms with Crippen molar-refractivity contribution in [1.82, 2.24) is 9.80 Å². The molecule has 0 radical (unpaired) electrons. The Morgan fingerprint density at radius 2 is 2.05 bits per heavy atom. The third kappa shape index (κ3) is 4.15. The second kappa shape index (κ2) is 6.87. The fourth-order valence-corrected chi connectivity index (χ4v) is 2.20. The van der Waals surface area contributed by atoms with E-state index in [-0.39, 0.29) is 24.3 Å². The van der Waals surface area contributed by atoms with E-state index in [1.54, 1.807) is 17.9 Å². The predicted octanol–water partition coefficient (Wildman–Crippen LogP) is 0.998. The van der Waals surface area contributed by atoms with Crippen LogP contribution < -0.4 is 10.5 Å². The molecule has 0 bridgehead atoms.